The second-order valence-corrected chi connectivity index (χ2v) is 3.34. The molecule has 3 aromatic rings. The minimum absolute atomic E-state index is 0.221. The van der Waals surface area contributed by atoms with Crippen molar-refractivity contribution in [1.82, 2.24) is 4.98 Å². The van der Waals surface area contributed by atoms with Crippen LogP contribution in [0.4, 0.5) is 4.39 Å². The minimum atomic E-state index is -0.221. The molecule has 3 rings (SSSR count). The summed E-state index contributed by atoms with van der Waals surface area (Å²) in [7, 11) is 0. The van der Waals surface area contributed by atoms with Gasteiger partial charge in [0.2, 0.25) is 0 Å². The molecule has 3 heteroatoms. The van der Waals surface area contributed by atoms with Crippen LogP contribution in [0.3, 0.4) is 0 Å². The van der Waals surface area contributed by atoms with Gasteiger partial charge in [0.1, 0.15) is 11.6 Å². The topological polar surface area (TPSA) is 28.9 Å². The summed E-state index contributed by atoms with van der Waals surface area (Å²) in [5.74, 6) is 0.518. The minimum Gasteiger partial charge on any atom is -0.464 e. The van der Waals surface area contributed by atoms with Crippen LogP contribution in [0.1, 0.15) is 0 Å². The summed E-state index contributed by atoms with van der Waals surface area (Å²) in [4.78, 5) is 3.02. The average molecular weight is 201 g/mol. The van der Waals surface area contributed by atoms with Crippen LogP contribution in [0, 0.1) is 5.82 Å². The number of aromatic amines is 1. The molecule has 0 saturated carbocycles. The van der Waals surface area contributed by atoms with Gasteiger partial charge in [0.25, 0.3) is 0 Å². The SMILES string of the molecule is Fc1ccc(-c2ccco2)c2[nH]ccc12. The normalized spacial score (nSPS) is 11.0. The number of rotatable bonds is 1. The predicted octanol–water partition coefficient (Wildman–Crippen LogP) is 3.57. The number of hydrogen-bond donors (Lipinski definition) is 1. The molecule has 0 unspecified atom stereocenters. The molecule has 0 aliphatic heterocycles. The zero-order chi connectivity index (χ0) is 10.3. The number of nitrogens with one attached hydrogen (secondary N) is 1. The van der Waals surface area contributed by atoms with Gasteiger partial charge in [0, 0.05) is 17.1 Å². The molecule has 74 valence electrons. The van der Waals surface area contributed by atoms with Gasteiger partial charge in [-0.2, -0.15) is 0 Å². The Morgan fingerprint density at radius 2 is 2.07 bits per heavy atom. The number of fused-ring (bicyclic) bond motifs is 1. The molecule has 15 heavy (non-hydrogen) atoms. The van der Waals surface area contributed by atoms with Crippen LogP contribution in [-0.4, -0.2) is 4.98 Å². The Morgan fingerprint density at radius 1 is 1.13 bits per heavy atom. The van der Waals surface area contributed by atoms with Gasteiger partial charge in [0.05, 0.1) is 11.8 Å². The van der Waals surface area contributed by atoms with E-state index in [1.807, 2.05) is 12.1 Å². The van der Waals surface area contributed by atoms with Crippen LogP contribution in [0.2, 0.25) is 0 Å². The highest BCUT2D eigenvalue weighted by molar-refractivity contribution is 5.93. The van der Waals surface area contributed by atoms with Crippen LogP contribution in [0.15, 0.2) is 47.2 Å². The molecule has 1 aromatic carbocycles. The molecule has 0 bridgehead atoms. The molecule has 0 aliphatic carbocycles. The molecule has 0 amide bonds. The molecule has 2 heterocycles. The van der Waals surface area contributed by atoms with E-state index in [0.29, 0.717) is 5.39 Å². The van der Waals surface area contributed by atoms with Crippen molar-refractivity contribution in [2.75, 3.05) is 0 Å². The number of furan rings is 1. The van der Waals surface area contributed by atoms with Gasteiger partial charge in [-0.3, -0.25) is 0 Å². The lowest BCUT2D eigenvalue weighted by atomic mass is 10.1. The van der Waals surface area contributed by atoms with E-state index in [1.54, 1.807) is 24.6 Å². The molecule has 0 radical (unpaired) electrons. The maximum absolute atomic E-state index is 13.4. The Kier molecular flexibility index (Phi) is 1.65. The summed E-state index contributed by atoms with van der Waals surface area (Å²) < 4.78 is 18.7. The Hall–Kier alpha value is -2.03. The molecule has 1 N–H and O–H groups in total. The summed E-state index contributed by atoms with van der Waals surface area (Å²) in [6.07, 6.45) is 3.33. The largest absolute Gasteiger partial charge is 0.464 e. The van der Waals surface area contributed by atoms with Crippen molar-refractivity contribution in [3.63, 3.8) is 0 Å². The van der Waals surface area contributed by atoms with Gasteiger partial charge in [-0.05, 0) is 30.3 Å². The fraction of sp³-hybridized carbons (Fsp3) is 0. The summed E-state index contributed by atoms with van der Waals surface area (Å²) in [6.45, 7) is 0. The van der Waals surface area contributed by atoms with Crippen molar-refractivity contribution in [3.05, 3.63) is 48.6 Å². The lowest BCUT2D eigenvalue weighted by molar-refractivity contribution is 0.582. The van der Waals surface area contributed by atoms with E-state index < -0.39 is 0 Å². The smallest absolute Gasteiger partial charge is 0.135 e. The van der Waals surface area contributed by atoms with Crippen molar-refractivity contribution < 1.29 is 8.81 Å². The third-order valence-electron chi connectivity index (χ3n) is 2.46. The molecule has 0 saturated heterocycles. The first-order valence-electron chi connectivity index (χ1n) is 4.66. The van der Waals surface area contributed by atoms with E-state index >= 15 is 0 Å². The average Bonchev–Trinajstić information content (AvgIpc) is 2.88. The lowest BCUT2D eigenvalue weighted by Gasteiger charge is -2.00. The molecule has 2 aromatic heterocycles. The van der Waals surface area contributed by atoms with Crippen LogP contribution in [-0.2, 0) is 0 Å². The van der Waals surface area contributed by atoms with Gasteiger partial charge in [-0.25, -0.2) is 4.39 Å². The zero-order valence-corrected chi connectivity index (χ0v) is 7.83. The van der Waals surface area contributed by atoms with Gasteiger partial charge in [-0.15, -0.1) is 0 Å². The van der Waals surface area contributed by atoms with E-state index in [1.165, 1.54) is 6.07 Å². The van der Waals surface area contributed by atoms with Gasteiger partial charge in [-0.1, -0.05) is 0 Å². The maximum atomic E-state index is 13.4. The Labute approximate surface area is 85.3 Å². The number of aromatic nitrogens is 1. The zero-order valence-electron chi connectivity index (χ0n) is 7.83. The molecule has 2 nitrogen and oxygen atoms in total. The number of halogens is 1. The van der Waals surface area contributed by atoms with Crippen molar-refractivity contribution >= 4 is 10.9 Å². The van der Waals surface area contributed by atoms with Crippen LogP contribution in [0.25, 0.3) is 22.2 Å². The van der Waals surface area contributed by atoms with Crippen molar-refractivity contribution in [1.29, 1.82) is 0 Å². The third kappa shape index (κ3) is 1.16. The molecular weight excluding hydrogens is 193 g/mol. The highest BCUT2D eigenvalue weighted by Gasteiger charge is 2.09. The number of H-pyrrole nitrogens is 1. The molecule has 0 atom stereocenters. The molecule has 0 fully saturated rings. The van der Waals surface area contributed by atoms with Crippen molar-refractivity contribution in [2.45, 2.75) is 0 Å². The lowest BCUT2D eigenvalue weighted by Crippen LogP contribution is -1.81. The Balaban J connectivity index is 2.37. The van der Waals surface area contributed by atoms with E-state index in [9.17, 15) is 4.39 Å². The second kappa shape index (κ2) is 2.98. The fourth-order valence-corrected chi connectivity index (χ4v) is 1.76. The highest BCUT2D eigenvalue weighted by atomic mass is 19.1. The van der Waals surface area contributed by atoms with E-state index in [-0.39, 0.29) is 5.82 Å². The quantitative estimate of drug-likeness (QED) is 0.640. The molecular formula is C12H8FNO. The Morgan fingerprint density at radius 3 is 2.87 bits per heavy atom. The Bertz CT molecular complexity index is 595. The monoisotopic (exact) mass is 201 g/mol. The van der Waals surface area contributed by atoms with Crippen molar-refractivity contribution in [3.8, 4) is 11.3 Å². The number of hydrogen-bond acceptors (Lipinski definition) is 1. The third-order valence-corrected chi connectivity index (χ3v) is 2.46. The predicted molar refractivity (Wildman–Crippen MR) is 56.0 cm³/mol. The van der Waals surface area contributed by atoms with Gasteiger partial charge >= 0.3 is 0 Å². The van der Waals surface area contributed by atoms with Gasteiger partial charge in [0.15, 0.2) is 0 Å². The van der Waals surface area contributed by atoms with Crippen LogP contribution in [0.5, 0.6) is 0 Å². The summed E-state index contributed by atoms with van der Waals surface area (Å²) in [5.41, 5.74) is 1.64. The van der Waals surface area contributed by atoms with Gasteiger partial charge < -0.3 is 9.40 Å². The van der Waals surface area contributed by atoms with Crippen molar-refractivity contribution in [2.24, 2.45) is 0 Å². The highest BCUT2D eigenvalue weighted by Crippen LogP contribution is 2.29. The molecule has 0 aliphatic rings. The second-order valence-electron chi connectivity index (χ2n) is 3.34. The van der Waals surface area contributed by atoms with Crippen LogP contribution >= 0.6 is 0 Å². The number of benzene rings is 1. The van der Waals surface area contributed by atoms with E-state index in [4.69, 9.17) is 4.42 Å². The molecule has 0 spiro atoms. The summed E-state index contributed by atoms with van der Waals surface area (Å²) in [6, 6.07) is 8.55. The fourth-order valence-electron chi connectivity index (χ4n) is 1.76. The maximum Gasteiger partial charge on any atom is 0.135 e. The standard InChI is InChI=1S/C12H8FNO/c13-10-4-3-9(11-2-1-7-15-11)12-8(10)5-6-14-12/h1-7,14H. The first-order chi connectivity index (χ1) is 7.36. The van der Waals surface area contributed by atoms with E-state index in [0.717, 1.165) is 16.8 Å². The van der Waals surface area contributed by atoms with Crippen LogP contribution < -0.4 is 0 Å². The first kappa shape index (κ1) is 8.29. The summed E-state index contributed by atoms with van der Waals surface area (Å²) in [5, 5.41) is 0.587. The summed E-state index contributed by atoms with van der Waals surface area (Å²) >= 11 is 0. The first-order valence-corrected chi connectivity index (χ1v) is 4.66. The van der Waals surface area contributed by atoms with E-state index in [2.05, 4.69) is 4.98 Å².